The van der Waals surface area contributed by atoms with Gasteiger partial charge in [-0.2, -0.15) is 5.10 Å². The monoisotopic (exact) mass is 578 g/mol. The highest BCUT2D eigenvalue weighted by molar-refractivity contribution is 6.08. The lowest BCUT2D eigenvalue weighted by molar-refractivity contribution is -0.00513. The van der Waals surface area contributed by atoms with Crippen molar-refractivity contribution in [1.29, 1.82) is 0 Å². The molecule has 5 aromatic rings. The van der Waals surface area contributed by atoms with E-state index in [1.165, 1.54) is 0 Å². The van der Waals surface area contributed by atoms with Crippen molar-refractivity contribution in [3.8, 4) is 11.1 Å². The van der Waals surface area contributed by atoms with Gasteiger partial charge in [-0.1, -0.05) is 12.1 Å². The zero-order valence-corrected chi connectivity index (χ0v) is 25.6. The number of H-pyrrole nitrogens is 1. The molecule has 9 heteroatoms. The zero-order chi connectivity index (χ0) is 30.4. The summed E-state index contributed by atoms with van der Waals surface area (Å²) in [7, 11) is 0. The Morgan fingerprint density at radius 3 is 2.53 bits per heavy atom. The molecule has 2 N–H and O–H groups in total. The number of ether oxygens (including phenoxy) is 1. The molecule has 1 fully saturated rings. The van der Waals surface area contributed by atoms with Gasteiger partial charge in [0.15, 0.2) is 0 Å². The van der Waals surface area contributed by atoms with E-state index in [4.69, 9.17) is 9.72 Å². The maximum absolute atomic E-state index is 13.7. The van der Waals surface area contributed by atoms with Gasteiger partial charge in [-0.05, 0) is 88.6 Å². The molecule has 222 valence electrons. The lowest BCUT2D eigenvalue weighted by Gasteiger charge is -2.37. The van der Waals surface area contributed by atoms with Gasteiger partial charge in [0, 0.05) is 59.6 Å². The van der Waals surface area contributed by atoms with E-state index in [9.17, 15) is 9.59 Å². The Morgan fingerprint density at radius 1 is 1.05 bits per heavy atom. The second-order valence-corrected chi connectivity index (χ2v) is 12.0. The first-order chi connectivity index (χ1) is 20.6. The van der Waals surface area contributed by atoms with Crippen LogP contribution in [-0.2, 0) is 11.3 Å². The Balaban J connectivity index is 1.39. The number of aromatic nitrogens is 4. The van der Waals surface area contributed by atoms with E-state index < -0.39 is 0 Å². The van der Waals surface area contributed by atoms with Crippen molar-refractivity contribution in [3.05, 3.63) is 87.6 Å². The van der Waals surface area contributed by atoms with Crippen LogP contribution in [0.2, 0.25) is 0 Å². The number of anilines is 1. The lowest BCUT2D eigenvalue weighted by atomic mass is 9.98. The fourth-order valence-corrected chi connectivity index (χ4v) is 6.24. The molecule has 9 nitrogen and oxygen atoms in total. The molecular weight excluding hydrogens is 540 g/mol. The van der Waals surface area contributed by atoms with Gasteiger partial charge in [0.25, 0.3) is 11.5 Å². The molecule has 4 heterocycles. The molecule has 2 atom stereocenters. The number of hydrogen-bond acceptors (Lipinski definition) is 6. The van der Waals surface area contributed by atoms with Crippen molar-refractivity contribution in [1.82, 2.24) is 25.1 Å². The SMILES string of the molecule is Cc1cc(C)c(CNC(=O)c2cc(-c3ccc4c(N5C[C@@H](C)O[C@@H](C)C5)ccnc4c3)cc3c2cnn3C(C)C)c(=O)[nH]1. The van der Waals surface area contributed by atoms with Crippen molar-refractivity contribution < 1.29 is 9.53 Å². The number of nitrogens with zero attached hydrogens (tertiary/aromatic N) is 4. The first-order valence-electron chi connectivity index (χ1n) is 14.9. The normalized spacial score (nSPS) is 17.2. The van der Waals surface area contributed by atoms with Crippen LogP contribution in [0, 0.1) is 13.8 Å². The number of benzene rings is 2. The van der Waals surface area contributed by atoms with E-state index in [2.05, 4.69) is 78.3 Å². The summed E-state index contributed by atoms with van der Waals surface area (Å²) in [6, 6.07) is 14.4. The summed E-state index contributed by atoms with van der Waals surface area (Å²) in [5, 5.41) is 9.44. The Kier molecular flexibility index (Phi) is 7.52. The summed E-state index contributed by atoms with van der Waals surface area (Å²) in [5.41, 5.74) is 7.27. The van der Waals surface area contributed by atoms with E-state index in [-0.39, 0.29) is 36.3 Å². The van der Waals surface area contributed by atoms with Crippen molar-refractivity contribution in [3.63, 3.8) is 0 Å². The number of aromatic amines is 1. The number of pyridine rings is 2. The fourth-order valence-electron chi connectivity index (χ4n) is 6.24. The molecular formula is C34H38N6O3. The lowest BCUT2D eigenvalue weighted by Crippen LogP contribution is -2.45. The van der Waals surface area contributed by atoms with Crippen molar-refractivity contribution in [2.24, 2.45) is 0 Å². The van der Waals surface area contributed by atoms with Gasteiger partial charge < -0.3 is 19.9 Å². The van der Waals surface area contributed by atoms with Crippen LogP contribution in [0.5, 0.6) is 0 Å². The highest BCUT2D eigenvalue weighted by Crippen LogP contribution is 2.34. The van der Waals surface area contributed by atoms with Crippen LogP contribution in [-0.4, -0.2) is 51.0 Å². The summed E-state index contributed by atoms with van der Waals surface area (Å²) >= 11 is 0. The van der Waals surface area contributed by atoms with Crippen LogP contribution in [0.4, 0.5) is 5.69 Å². The second-order valence-electron chi connectivity index (χ2n) is 12.0. The summed E-state index contributed by atoms with van der Waals surface area (Å²) in [4.78, 5) is 36.2. The van der Waals surface area contributed by atoms with Crippen LogP contribution >= 0.6 is 0 Å². The molecule has 1 saturated heterocycles. The fraction of sp³-hybridized carbons (Fsp3) is 0.353. The third-order valence-corrected chi connectivity index (χ3v) is 8.18. The Hall–Kier alpha value is -4.50. The Morgan fingerprint density at radius 2 is 1.81 bits per heavy atom. The molecule has 0 saturated carbocycles. The number of hydrogen-bond donors (Lipinski definition) is 2. The number of morpholine rings is 1. The predicted molar refractivity (Wildman–Crippen MR) is 171 cm³/mol. The highest BCUT2D eigenvalue weighted by atomic mass is 16.5. The minimum atomic E-state index is -0.258. The maximum atomic E-state index is 13.7. The van der Waals surface area contributed by atoms with E-state index >= 15 is 0 Å². The second kappa shape index (κ2) is 11.3. The van der Waals surface area contributed by atoms with Crippen LogP contribution < -0.4 is 15.8 Å². The molecule has 0 unspecified atom stereocenters. The van der Waals surface area contributed by atoms with Crippen LogP contribution in [0.1, 0.15) is 60.9 Å². The van der Waals surface area contributed by atoms with Crippen LogP contribution in [0.25, 0.3) is 32.9 Å². The third kappa shape index (κ3) is 5.52. The average molecular weight is 579 g/mol. The van der Waals surface area contributed by atoms with Gasteiger partial charge in [0.2, 0.25) is 0 Å². The van der Waals surface area contributed by atoms with Crippen LogP contribution in [0.3, 0.4) is 0 Å². The number of fused-ring (bicyclic) bond motifs is 2. The van der Waals surface area contributed by atoms with Gasteiger partial charge in [-0.25, -0.2) is 0 Å². The highest BCUT2D eigenvalue weighted by Gasteiger charge is 2.24. The maximum Gasteiger partial charge on any atom is 0.253 e. The van der Waals surface area contributed by atoms with Gasteiger partial charge in [0.05, 0.1) is 35.0 Å². The van der Waals surface area contributed by atoms with E-state index in [0.29, 0.717) is 11.1 Å². The molecule has 0 spiro atoms. The van der Waals surface area contributed by atoms with Crippen LogP contribution in [0.15, 0.2) is 59.7 Å². The summed E-state index contributed by atoms with van der Waals surface area (Å²) < 4.78 is 7.89. The van der Waals surface area contributed by atoms with E-state index in [1.807, 2.05) is 36.9 Å². The standard InChI is InChI=1S/C34H38N6O3/c1-19(2)40-32-14-25(12-27(29(32)16-37-40)33(41)36-15-28-20(3)11-21(4)38-34(28)42)24-7-8-26-30(13-24)35-10-9-31(26)39-17-22(5)43-23(6)18-39/h7-14,16,19,22-23H,15,17-18H2,1-6H3,(H,36,41)(H,38,42)/t22-,23+. The van der Waals surface area contributed by atoms with E-state index in [0.717, 1.165) is 63.0 Å². The summed E-state index contributed by atoms with van der Waals surface area (Å²) in [6.07, 6.45) is 3.91. The van der Waals surface area contributed by atoms with Crippen molar-refractivity contribution in [2.45, 2.75) is 66.3 Å². The molecule has 0 aliphatic carbocycles. The minimum Gasteiger partial charge on any atom is -0.372 e. The molecule has 1 aliphatic heterocycles. The van der Waals surface area contributed by atoms with Gasteiger partial charge >= 0.3 is 0 Å². The van der Waals surface area contributed by atoms with Crippen molar-refractivity contribution in [2.75, 3.05) is 18.0 Å². The van der Waals surface area contributed by atoms with Gasteiger partial charge in [0.1, 0.15) is 0 Å². The molecule has 1 amide bonds. The van der Waals surface area contributed by atoms with Crippen molar-refractivity contribution >= 4 is 33.4 Å². The van der Waals surface area contributed by atoms with Gasteiger partial charge in [-0.3, -0.25) is 19.3 Å². The number of amides is 1. The van der Waals surface area contributed by atoms with Gasteiger partial charge in [-0.15, -0.1) is 0 Å². The Labute approximate surface area is 250 Å². The molecule has 6 rings (SSSR count). The largest absolute Gasteiger partial charge is 0.372 e. The molecule has 2 aromatic carbocycles. The minimum absolute atomic E-state index is 0.108. The molecule has 43 heavy (non-hydrogen) atoms. The quantitative estimate of drug-likeness (QED) is 0.269. The number of carbonyl (C=O) groups is 1. The average Bonchev–Trinajstić information content (AvgIpc) is 3.39. The van der Waals surface area contributed by atoms with E-state index in [1.54, 1.807) is 6.20 Å². The zero-order valence-electron chi connectivity index (χ0n) is 25.6. The smallest absolute Gasteiger partial charge is 0.253 e. The number of nitrogens with one attached hydrogen (secondary N) is 2. The molecule has 3 aromatic heterocycles. The Bertz CT molecular complexity index is 1900. The summed E-state index contributed by atoms with van der Waals surface area (Å²) in [5.74, 6) is -0.258. The molecule has 1 aliphatic rings. The number of aryl methyl sites for hydroxylation is 2. The summed E-state index contributed by atoms with van der Waals surface area (Å²) in [6.45, 7) is 13.9. The third-order valence-electron chi connectivity index (χ3n) is 8.18. The number of rotatable bonds is 6. The first kappa shape index (κ1) is 28.6. The number of carbonyl (C=O) groups excluding carboxylic acids is 1. The first-order valence-corrected chi connectivity index (χ1v) is 14.9. The molecule has 0 bridgehead atoms. The predicted octanol–water partition coefficient (Wildman–Crippen LogP) is 5.68. The topological polar surface area (TPSA) is 105 Å². The molecule has 0 radical (unpaired) electrons.